The van der Waals surface area contributed by atoms with Crippen molar-refractivity contribution in [2.75, 3.05) is 11.9 Å². The molecule has 0 aliphatic heterocycles. The number of halogens is 1. The molecular weight excluding hydrogens is 392 g/mol. The Morgan fingerprint density at radius 3 is 2.68 bits per heavy atom. The number of amides is 1. The first-order chi connectivity index (χ1) is 12.0. The Balaban J connectivity index is 1.66. The lowest BCUT2D eigenvalue weighted by Crippen LogP contribution is -2.20. The molecule has 0 atom stereocenters. The smallest absolute Gasteiger partial charge is 0.269 e. The number of nitrogens with zero attached hydrogens (tertiary/aromatic N) is 3. The van der Waals surface area contributed by atoms with Crippen molar-refractivity contribution < 1.29 is 14.5 Å². The van der Waals surface area contributed by atoms with E-state index in [1.165, 1.54) is 30.6 Å². The Morgan fingerprint density at radius 2 is 1.96 bits per heavy atom. The van der Waals surface area contributed by atoms with Gasteiger partial charge >= 0.3 is 0 Å². The third-order valence-corrected chi connectivity index (χ3v) is 3.76. The van der Waals surface area contributed by atoms with Crippen LogP contribution in [0.25, 0.3) is 10.9 Å². The van der Waals surface area contributed by atoms with Crippen LogP contribution in [0.5, 0.6) is 5.88 Å². The summed E-state index contributed by atoms with van der Waals surface area (Å²) in [6.45, 7) is -0.254. The van der Waals surface area contributed by atoms with E-state index in [1.54, 1.807) is 6.07 Å². The van der Waals surface area contributed by atoms with E-state index in [2.05, 4.69) is 31.2 Å². The van der Waals surface area contributed by atoms with Crippen LogP contribution in [-0.2, 0) is 4.79 Å². The normalized spacial score (nSPS) is 10.4. The summed E-state index contributed by atoms with van der Waals surface area (Å²) in [6.07, 6.45) is 1.36. The molecule has 0 bridgehead atoms. The molecule has 0 unspecified atom stereocenters. The molecule has 126 valence electrons. The zero-order valence-corrected chi connectivity index (χ0v) is 14.3. The summed E-state index contributed by atoms with van der Waals surface area (Å²) in [4.78, 5) is 30.3. The predicted octanol–water partition coefficient (Wildman–Crippen LogP) is 3.32. The number of benzene rings is 2. The number of nitro groups is 1. The van der Waals surface area contributed by atoms with Gasteiger partial charge in [0, 0.05) is 22.3 Å². The summed E-state index contributed by atoms with van der Waals surface area (Å²) >= 11 is 3.37. The van der Waals surface area contributed by atoms with Crippen molar-refractivity contribution in [3.05, 3.63) is 63.4 Å². The number of nitrogens with one attached hydrogen (secondary N) is 1. The summed E-state index contributed by atoms with van der Waals surface area (Å²) in [5, 5.41) is 13.9. The minimum Gasteiger partial charge on any atom is -0.467 e. The number of hydrogen-bond donors (Lipinski definition) is 1. The van der Waals surface area contributed by atoms with Crippen molar-refractivity contribution in [1.82, 2.24) is 9.97 Å². The maximum Gasteiger partial charge on any atom is 0.269 e. The standard InChI is InChI=1S/C16H11BrN4O4/c17-10-1-6-14-13(7-10)16(19-9-18-14)25-8-15(22)20-11-2-4-12(5-3-11)21(23)24/h1-7,9H,8H2,(H,20,22). The SMILES string of the molecule is O=C(COc1ncnc2ccc(Br)cc12)Nc1ccc([N+](=O)[O-])cc1. The highest BCUT2D eigenvalue weighted by molar-refractivity contribution is 9.10. The highest BCUT2D eigenvalue weighted by Gasteiger charge is 2.10. The maximum absolute atomic E-state index is 12.0. The van der Waals surface area contributed by atoms with Crippen molar-refractivity contribution in [3.63, 3.8) is 0 Å². The van der Waals surface area contributed by atoms with E-state index in [9.17, 15) is 14.9 Å². The molecule has 0 aliphatic carbocycles. The molecule has 1 N–H and O–H groups in total. The number of aromatic nitrogens is 2. The highest BCUT2D eigenvalue weighted by Crippen LogP contribution is 2.24. The van der Waals surface area contributed by atoms with E-state index >= 15 is 0 Å². The summed E-state index contributed by atoms with van der Waals surface area (Å²) in [5.41, 5.74) is 1.09. The molecule has 0 radical (unpaired) electrons. The van der Waals surface area contributed by atoms with Gasteiger partial charge in [-0.2, -0.15) is 0 Å². The summed E-state index contributed by atoms with van der Waals surface area (Å²) in [5.74, 6) is -0.110. The van der Waals surface area contributed by atoms with E-state index in [-0.39, 0.29) is 12.3 Å². The van der Waals surface area contributed by atoms with Crippen molar-refractivity contribution in [2.24, 2.45) is 0 Å². The fourth-order valence-corrected chi connectivity index (χ4v) is 2.48. The molecule has 2 aromatic carbocycles. The minimum absolute atomic E-state index is 0.0488. The molecule has 25 heavy (non-hydrogen) atoms. The van der Waals surface area contributed by atoms with Gasteiger partial charge in [-0.1, -0.05) is 15.9 Å². The van der Waals surface area contributed by atoms with Crippen LogP contribution in [0.3, 0.4) is 0 Å². The number of hydrogen-bond acceptors (Lipinski definition) is 6. The van der Waals surface area contributed by atoms with Crippen LogP contribution < -0.4 is 10.1 Å². The molecule has 1 heterocycles. The van der Waals surface area contributed by atoms with E-state index in [1.807, 2.05) is 12.1 Å². The first-order valence-electron chi connectivity index (χ1n) is 7.10. The van der Waals surface area contributed by atoms with E-state index < -0.39 is 10.8 Å². The Kier molecular flexibility index (Phi) is 4.85. The third-order valence-electron chi connectivity index (χ3n) is 3.26. The van der Waals surface area contributed by atoms with Gasteiger partial charge in [-0.3, -0.25) is 14.9 Å². The fraction of sp³-hybridized carbons (Fsp3) is 0.0625. The van der Waals surface area contributed by atoms with Gasteiger partial charge in [0.05, 0.1) is 15.8 Å². The molecule has 0 saturated heterocycles. The molecule has 9 heteroatoms. The Labute approximate surface area is 150 Å². The summed E-state index contributed by atoms with van der Waals surface area (Å²) < 4.78 is 6.32. The van der Waals surface area contributed by atoms with Crippen molar-refractivity contribution in [2.45, 2.75) is 0 Å². The Morgan fingerprint density at radius 1 is 1.20 bits per heavy atom. The lowest BCUT2D eigenvalue weighted by Gasteiger charge is -2.08. The van der Waals surface area contributed by atoms with Gasteiger partial charge in [0.25, 0.3) is 11.6 Å². The molecule has 0 aliphatic rings. The van der Waals surface area contributed by atoms with Crippen LogP contribution in [0.4, 0.5) is 11.4 Å². The number of carbonyl (C=O) groups excluding carboxylic acids is 1. The monoisotopic (exact) mass is 402 g/mol. The number of carbonyl (C=O) groups is 1. The van der Waals surface area contributed by atoms with Crippen LogP contribution in [-0.4, -0.2) is 27.4 Å². The second-order valence-corrected chi connectivity index (χ2v) is 5.90. The third kappa shape index (κ3) is 4.07. The van der Waals surface area contributed by atoms with Crippen LogP contribution in [0.15, 0.2) is 53.3 Å². The van der Waals surface area contributed by atoms with Gasteiger partial charge in [-0.15, -0.1) is 0 Å². The molecule has 0 fully saturated rings. The second-order valence-electron chi connectivity index (χ2n) is 4.98. The van der Waals surface area contributed by atoms with Gasteiger partial charge in [0.1, 0.15) is 6.33 Å². The predicted molar refractivity (Wildman–Crippen MR) is 94.5 cm³/mol. The number of anilines is 1. The van der Waals surface area contributed by atoms with E-state index in [4.69, 9.17) is 4.74 Å². The molecule has 1 amide bonds. The lowest BCUT2D eigenvalue weighted by atomic mass is 10.2. The number of rotatable bonds is 5. The van der Waals surface area contributed by atoms with E-state index in [0.29, 0.717) is 22.5 Å². The van der Waals surface area contributed by atoms with Crippen molar-refractivity contribution in [3.8, 4) is 5.88 Å². The molecule has 1 aromatic heterocycles. The van der Waals surface area contributed by atoms with Crippen molar-refractivity contribution >= 4 is 44.1 Å². The molecule has 3 rings (SSSR count). The average Bonchev–Trinajstić information content (AvgIpc) is 2.60. The average molecular weight is 403 g/mol. The van der Waals surface area contributed by atoms with Gasteiger partial charge in [0.15, 0.2) is 6.61 Å². The van der Waals surface area contributed by atoms with Crippen LogP contribution in [0.2, 0.25) is 0 Å². The molecule has 8 nitrogen and oxygen atoms in total. The minimum atomic E-state index is -0.507. The topological polar surface area (TPSA) is 107 Å². The largest absolute Gasteiger partial charge is 0.467 e. The Bertz CT molecular complexity index is 947. The van der Waals surface area contributed by atoms with E-state index in [0.717, 1.165) is 4.47 Å². The molecule has 0 spiro atoms. The number of non-ortho nitro benzene ring substituents is 1. The molecular formula is C16H11BrN4O4. The second kappa shape index (κ2) is 7.22. The maximum atomic E-state index is 12.0. The zero-order chi connectivity index (χ0) is 17.8. The Hall–Kier alpha value is -3.07. The quantitative estimate of drug-likeness (QED) is 0.517. The van der Waals surface area contributed by atoms with Crippen molar-refractivity contribution in [1.29, 1.82) is 0 Å². The first-order valence-corrected chi connectivity index (χ1v) is 7.89. The number of nitro benzene ring substituents is 1. The molecule has 0 saturated carbocycles. The van der Waals surface area contributed by atoms with Gasteiger partial charge in [-0.05, 0) is 30.3 Å². The van der Waals surface area contributed by atoms with Gasteiger partial charge < -0.3 is 10.1 Å². The first kappa shape index (κ1) is 16.8. The summed E-state index contributed by atoms with van der Waals surface area (Å²) in [7, 11) is 0. The number of ether oxygens (including phenoxy) is 1. The summed E-state index contributed by atoms with van der Waals surface area (Å²) in [6, 6.07) is 11.0. The van der Waals surface area contributed by atoms with Crippen LogP contribution >= 0.6 is 15.9 Å². The molecule has 3 aromatic rings. The van der Waals surface area contributed by atoms with Gasteiger partial charge in [-0.25, -0.2) is 9.97 Å². The number of fused-ring (bicyclic) bond motifs is 1. The van der Waals surface area contributed by atoms with Gasteiger partial charge in [0.2, 0.25) is 5.88 Å². The van der Waals surface area contributed by atoms with Crippen LogP contribution in [0, 0.1) is 10.1 Å². The van der Waals surface area contributed by atoms with Crippen LogP contribution in [0.1, 0.15) is 0 Å². The lowest BCUT2D eigenvalue weighted by molar-refractivity contribution is -0.384. The highest BCUT2D eigenvalue weighted by atomic mass is 79.9. The fourth-order valence-electron chi connectivity index (χ4n) is 2.12. The zero-order valence-electron chi connectivity index (χ0n) is 12.7.